The lowest BCUT2D eigenvalue weighted by atomic mass is 9.91. The Balaban J connectivity index is 1.97. The van der Waals surface area contributed by atoms with Crippen LogP contribution in [0.1, 0.15) is 13.8 Å². The third-order valence-electron chi connectivity index (χ3n) is 3.33. The summed E-state index contributed by atoms with van der Waals surface area (Å²) in [5, 5.41) is 11.9. The van der Waals surface area contributed by atoms with E-state index in [1.54, 1.807) is 22.4 Å². The average Bonchev–Trinajstić information content (AvgIpc) is 2.91. The molecule has 0 radical (unpaired) electrons. The van der Waals surface area contributed by atoms with Crippen LogP contribution in [0.15, 0.2) is 11.6 Å². The number of amides is 1. The predicted octanol–water partition coefficient (Wildman–Crippen LogP) is 0.903. The Kier molecular flexibility index (Phi) is 3.75. The van der Waals surface area contributed by atoms with Crippen molar-refractivity contribution in [2.24, 2.45) is 5.41 Å². The highest BCUT2D eigenvalue weighted by molar-refractivity contribution is 7.13. The Morgan fingerprint density at radius 1 is 1.32 bits per heavy atom. The van der Waals surface area contributed by atoms with E-state index in [2.05, 4.69) is 9.88 Å². The summed E-state index contributed by atoms with van der Waals surface area (Å²) in [5.41, 5.74) is -1.36. The second-order valence-electron chi connectivity index (χ2n) is 5.02. The number of carboxylic acid groups (broad SMARTS) is 1. The first-order chi connectivity index (χ1) is 8.93. The van der Waals surface area contributed by atoms with E-state index in [0.29, 0.717) is 26.2 Å². The van der Waals surface area contributed by atoms with Crippen molar-refractivity contribution in [3.63, 3.8) is 0 Å². The molecule has 2 heterocycles. The molecular weight excluding hydrogens is 266 g/mol. The number of carbonyl (C=O) groups excluding carboxylic acids is 1. The molecular formula is C12H17N3O3S. The number of carboxylic acids is 1. The first kappa shape index (κ1) is 13.8. The van der Waals surface area contributed by atoms with Crippen LogP contribution in [0.4, 0.5) is 5.13 Å². The van der Waals surface area contributed by atoms with Crippen LogP contribution in [0.2, 0.25) is 0 Å². The molecule has 1 aromatic rings. The van der Waals surface area contributed by atoms with Crippen LogP contribution < -0.4 is 4.90 Å². The minimum absolute atomic E-state index is 0.321. The zero-order valence-electron chi connectivity index (χ0n) is 11.0. The highest BCUT2D eigenvalue weighted by Gasteiger charge is 2.40. The molecule has 0 spiro atoms. The van der Waals surface area contributed by atoms with Crippen LogP contribution in [0.3, 0.4) is 0 Å². The fourth-order valence-corrected chi connectivity index (χ4v) is 2.66. The highest BCUT2D eigenvalue weighted by atomic mass is 32.1. The number of aliphatic carboxylic acids is 1. The summed E-state index contributed by atoms with van der Waals surface area (Å²) in [4.78, 5) is 31.2. The van der Waals surface area contributed by atoms with Gasteiger partial charge < -0.3 is 14.9 Å². The van der Waals surface area contributed by atoms with Gasteiger partial charge in [0.1, 0.15) is 5.41 Å². The van der Waals surface area contributed by atoms with Gasteiger partial charge in [0.25, 0.3) is 0 Å². The van der Waals surface area contributed by atoms with Gasteiger partial charge in [0.2, 0.25) is 5.91 Å². The lowest BCUT2D eigenvalue weighted by molar-refractivity contribution is -0.158. The maximum absolute atomic E-state index is 12.2. The fourth-order valence-electron chi connectivity index (χ4n) is 1.96. The van der Waals surface area contributed by atoms with Crippen molar-refractivity contribution in [3.05, 3.63) is 11.6 Å². The summed E-state index contributed by atoms with van der Waals surface area (Å²) in [6.45, 7) is 5.35. The number of thiazole rings is 1. The molecule has 1 amide bonds. The SMILES string of the molecule is CC(C)(C(=O)O)C(=O)N1CCN(c2nccs2)CC1. The predicted molar refractivity (Wildman–Crippen MR) is 72.3 cm³/mol. The van der Waals surface area contributed by atoms with E-state index in [0.717, 1.165) is 5.13 Å². The Bertz CT molecular complexity index is 465. The van der Waals surface area contributed by atoms with Gasteiger partial charge in [-0.15, -0.1) is 11.3 Å². The third-order valence-corrected chi connectivity index (χ3v) is 4.16. The molecule has 104 valence electrons. The average molecular weight is 283 g/mol. The largest absolute Gasteiger partial charge is 0.480 e. The molecule has 1 fully saturated rings. The van der Waals surface area contributed by atoms with E-state index in [1.165, 1.54) is 13.8 Å². The van der Waals surface area contributed by atoms with Gasteiger partial charge in [0.15, 0.2) is 5.13 Å². The molecule has 0 aromatic carbocycles. The quantitative estimate of drug-likeness (QED) is 0.834. The van der Waals surface area contributed by atoms with Crippen LogP contribution in [-0.4, -0.2) is 53.0 Å². The molecule has 1 aliphatic rings. The maximum Gasteiger partial charge on any atom is 0.318 e. The van der Waals surface area contributed by atoms with Gasteiger partial charge in [-0.3, -0.25) is 9.59 Å². The summed E-state index contributed by atoms with van der Waals surface area (Å²) < 4.78 is 0. The Hall–Kier alpha value is -1.63. The van der Waals surface area contributed by atoms with E-state index in [4.69, 9.17) is 5.11 Å². The minimum Gasteiger partial charge on any atom is -0.480 e. The van der Waals surface area contributed by atoms with Crippen LogP contribution in [0.5, 0.6) is 0 Å². The number of piperazine rings is 1. The number of rotatable bonds is 3. The maximum atomic E-state index is 12.2. The van der Waals surface area contributed by atoms with Crippen molar-refractivity contribution in [1.29, 1.82) is 0 Å². The van der Waals surface area contributed by atoms with Crippen molar-refractivity contribution in [2.75, 3.05) is 31.1 Å². The smallest absolute Gasteiger partial charge is 0.318 e. The van der Waals surface area contributed by atoms with E-state index in [1.807, 2.05) is 5.38 Å². The van der Waals surface area contributed by atoms with Gasteiger partial charge in [0, 0.05) is 37.8 Å². The van der Waals surface area contributed by atoms with E-state index >= 15 is 0 Å². The number of aromatic nitrogens is 1. The second kappa shape index (κ2) is 5.16. The Morgan fingerprint density at radius 3 is 2.42 bits per heavy atom. The monoisotopic (exact) mass is 283 g/mol. The first-order valence-corrected chi connectivity index (χ1v) is 6.98. The topological polar surface area (TPSA) is 73.7 Å². The van der Waals surface area contributed by atoms with Gasteiger partial charge >= 0.3 is 5.97 Å². The van der Waals surface area contributed by atoms with Crippen molar-refractivity contribution >= 4 is 28.3 Å². The molecule has 19 heavy (non-hydrogen) atoms. The molecule has 1 aromatic heterocycles. The normalized spacial score (nSPS) is 16.5. The third kappa shape index (κ3) is 2.70. The van der Waals surface area contributed by atoms with Crippen molar-refractivity contribution in [2.45, 2.75) is 13.8 Å². The zero-order chi connectivity index (χ0) is 14.0. The molecule has 6 nitrogen and oxygen atoms in total. The number of carbonyl (C=O) groups is 2. The lowest BCUT2D eigenvalue weighted by Gasteiger charge is -2.37. The fraction of sp³-hybridized carbons (Fsp3) is 0.583. The molecule has 0 saturated carbocycles. The summed E-state index contributed by atoms with van der Waals surface area (Å²) >= 11 is 1.57. The molecule has 1 saturated heterocycles. The van der Waals surface area contributed by atoms with Gasteiger partial charge in [-0.2, -0.15) is 0 Å². The standard InChI is InChI=1S/C12H17N3O3S/c1-12(2,10(17)18)9(16)14-4-6-15(7-5-14)11-13-3-8-19-11/h3,8H,4-7H2,1-2H3,(H,17,18). The Morgan fingerprint density at radius 2 is 1.95 bits per heavy atom. The van der Waals surface area contributed by atoms with Gasteiger partial charge in [-0.1, -0.05) is 0 Å². The molecule has 1 aliphatic heterocycles. The summed E-state index contributed by atoms with van der Waals surface area (Å²) in [5.74, 6) is -1.40. The van der Waals surface area contributed by atoms with Crippen LogP contribution in [0.25, 0.3) is 0 Å². The van der Waals surface area contributed by atoms with Crippen molar-refractivity contribution in [1.82, 2.24) is 9.88 Å². The van der Waals surface area contributed by atoms with Gasteiger partial charge in [0.05, 0.1) is 0 Å². The molecule has 0 unspecified atom stereocenters. The molecule has 0 atom stereocenters. The molecule has 0 aliphatic carbocycles. The molecule has 1 N–H and O–H groups in total. The number of anilines is 1. The van der Waals surface area contributed by atoms with E-state index in [-0.39, 0.29) is 5.91 Å². The van der Waals surface area contributed by atoms with E-state index < -0.39 is 11.4 Å². The number of hydrogen-bond acceptors (Lipinski definition) is 5. The molecule has 0 bridgehead atoms. The summed E-state index contributed by atoms with van der Waals surface area (Å²) in [7, 11) is 0. The second-order valence-corrected chi connectivity index (χ2v) is 5.90. The van der Waals surface area contributed by atoms with E-state index in [9.17, 15) is 9.59 Å². The van der Waals surface area contributed by atoms with Crippen LogP contribution in [0, 0.1) is 5.41 Å². The van der Waals surface area contributed by atoms with Gasteiger partial charge in [-0.05, 0) is 13.8 Å². The highest BCUT2D eigenvalue weighted by Crippen LogP contribution is 2.23. The lowest BCUT2D eigenvalue weighted by Crippen LogP contribution is -2.53. The number of nitrogens with zero attached hydrogens (tertiary/aromatic N) is 3. The number of hydrogen-bond donors (Lipinski definition) is 1. The minimum atomic E-state index is -1.36. The Labute approximate surface area is 115 Å². The summed E-state index contributed by atoms with van der Waals surface area (Å²) in [6.07, 6.45) is 1.76. The zero-order valence-corrected chi connectivity index (χ0v) is 11.8. The first-order valence-electron chi connectivity index (χ1n) is 6.10. The van der Waals surface area contributed by atoms with Crippen LogP contribution in [-0.2, 0) is 9.59 Å². The van der Waals surface area contributed by atoms with Crippen molar-refractivity contribution < 1.29 is 14.7 Å². The van der Waals surface area contributed by atoms with Gasteiger partial charge in [-0.25, -0.2) is 4.98 Å². The van der Waals surface area contributed by atoms with Crippen molar-refractivity contribution in [3.8, 4) is 0 Å². The molecule has 2 rings (SSSR count). The summed E-state index contributed by atoms with van der Waals surface area (Å²) in [6, 6.07) is 0. The molecule has 7 heteroatoms. The van der Waals surface area contributed by atoms with Crippen LogP contribution >= 0.6 is 11.3 Å².